The van der Waals surface area contributed by atoms with Gasteiger partial charge in [0.2, 0.25) is 0 Å². The van der Waals surface area contributed by atoms with Crippen molar-refractivity contribution < 1.29 is 19.8 Å². The molecule has 0 bridgehead atoms. The van der Waals surface area contributed by atoms with E-state index >= 15 is 0 Å². The number of nitrogens with one attached hydrogen (secondary N) is 2. The molecule has 0 aromatic carbocycles. The van der Waals surface area contributed by atoms with E-state index in [0.29, 0.717) is 12.8 Å². The fourth-order valence-corrected chi connectivity index (χ4v) is 2.12. The Bertz CT molecular complexity index is 227. The molecule has 5 N–H and O–H groups in total. The molecule has 4 unspecified atom stereocenters. The van der Waals surface area contributed by atoms with Crippen LogP contribution in [0.25, 0.3) is 0 Å². The summed E-state index contributed by atoms with van der Waals surface area (Å²) in [6.07, 6.45) is 0.232. The molecule has 2 aliphatic rings. The highest BCUT2D eigenvalue weighted by Gasteiger charge is 2.40. The molecule has 14 heavy (non-hydrogen) atoms. The summed E-state index contributed by atoms with van der Waals surface area (Å²) in [6, 6.07) is 0.123. The van der Waals surface area contributed by atoms with E-state index in [1.807, 2.05) is 0 Å². The molecule has 0 amide bonds. The number of carboxylic acids is 1. The highest BCUT2D eigenvalue weighted by molar-refractivity contribution is 5.73. The van der Waals surface area contributed by atoms with Crippen molar-refractivity contribution in [1.29, 1.82) is 0 Å². The lowest BCUT2D eigenvalue weighted by atomic mass is 9.90. The molecule has 1 heterocycles. The minimum absolute atomic E-state index is 0. The second-order valence-corrected chi connectivity index (χ2v) is 3.73. The summed E-state index contributed by atoms with van der Waals surface area (Å²) in [4.78, 5) is 10.6. The standard InChI is InChI=1S/C8H13FN2O2.H2O/c9-4-1-2-5-6(3-4)11-7(10-5)8(12)13;/h4-7,10-11H,1-3H2,(H,12,13);1H2. The zero-order chi connectivity index (χ0) is 9.42. The largest absolute Gasteiger partial charge is 0.479 e. The molecule has 0 aromatic rings. The molecule has 1 saturated heterocycles. The molecule has 4 atom stereocenters. The molecule has 0 aromatic heterocycles. The summed E-state index contributed by atoms with van der Waals surface area (Å²) < 4.78 is 12.9. The van der Waals surface area contributed by atoms with Crippen molar-refractivity contribution in [2.75, 3.05) is 0 Å². The van der Waals surface area contributed by atoms with Gasteiger partial charge in [0, 0.05) is 12.1 Å². The number of halogens is 1. The van der Waals surface area contributed by atoms with E-state index in [1.54, 1.807) is 0 Å². The van der Waals surface area contributed by atoms with Crippen molar-refractivity contribution in [2.24, 2.45) is 0 Å². The van der Waals surface area contributed by atoms with Crippen molar-refractivity contribution in [3.05, 3.63) is 0 Å². The molecular formula is C8H15FN2O3. The third-order valence-electron chi connectivity index (χ3n) is 2.79. The van der Waals surface area contributed by atoms with Gasteiger partial charge < -0.3 is 10.6 Å². The summed E-state index contributed by atoms with van der Waals surface area (Å²) in [5.41, 5.74) is 0. The van der Waals surface area contributed by atoms with Gasteiger partial charge in [-0.05, 0) is 19.3 Å². The number of hydrogen-bond acceptors (Lipinski definition) is 3. The zero-order valence-electron chi connectivity index (χ0n) is 7.66. The Morgan fingerprint density at radius 3 is 2.57 bits per heavy atom. The van der Waals surface area contributed by atoms with Gasteiger partial charge in [0.15, 0.2) is 6.17 Å². The first-order valence-corrected chi connectivity index (χ1v) is 4.56. The van der Waals surface area contributed by atoms with Crippen LogP contribution < -0.4 is 10.6 Å². The second-order valence-electron chi connectivity index (χ2n) is 3.73. The van der Waals surface area contributed by atoms with Crippen LogP contribution in [0.2, 0.25) is 0 Å². The van der Waals surface area contributed by atoms with Crippen LogP contribution >= 0.6 is 0 Å². The van der Waals surface area contributed by atoms with Gasteiger partial charge in [0.25, 0.3) is 0 Å². The first kappa shape index (κ1) is 11.4. The fraction of sp³-hybridized carbons (Fsp3) is 0.875. The highest BCUT2D eigenvalue weighted by Crippen LogP contribution is 2.25. The predicted molar refractivity (Wildman–Crippen MR) is 47.6 cm³/mol. The number of aliphatic carboxylic acids is 1. The SMILES string of the molecule is O.O=C(O)C1NC2CCC(F)CC2N1. The first-order valence-electron chi connectivity index (χ1n) is 4.56. The molecule has 5 nitrogen and oxygen atoms in total. The van der Waals surface area contributed by atoms with Crippen molar-refractivity contribution in [2.45, 2.75) is 43.7 Å². The molecule has 6 heteroatoms. The molecule has 1 aliphatic carbocycles. The first-order chi connectivity index (χ1) is 6.16. The average molecular weight is 206 g/mol. The lowest BCUT2D eigenvalue weighted by Crippen LogP contribution is -2.41. The second kappa shape index (κ2) is 4.20. The minimum atomic E-state index is -0.912. The van der Waals surface area contributed by atoms with Gasteiger partial charge >= 0.3 is 5.97 Å². The van der Waals surface area contributed by atoms with Crippen molar-refractivity contribution >= 4 is 5.97 Å². The van der Waals surface area contributed by atoms with Crippen LogP contribution in [0.5, 0.6) is 0 Å². The summed E-state index contributed by atoms with van der Waals surface area (Å²) >= 11 is 0. The van der Waals surface area contributed by atoms with Gasteiger partial charge in [-0.2, -0.15) is 0 Å². The van der Waals surface area contributed by atoms with Gasteiger partial charge in [0.1, 0.15) is 6.17 Å². The summed E-state index contributed by atoms with van der Waals surface area (Å²) in [6.45, 7) is 0. The number of rotatable bonds is 1. The van der Waals surface area contributed by atoms with Crippen LogP contribution in [-0.2, 0) is 4.79 Å². The Morgan fingerprint density at radius 2 is 1.93 bits per heavy atom. The Morgan fingerprint density at radius 1 is 1.29 bits per heavy atom. The van der Waals surface area contributed by atoms with Gasteiger partial charge in [-0.15, -0.1) is 0 Å². The number of carboxylic acid groups (broad SMARTS) is 1. The minimum Gasteiger partial charge on any atom is -0.479 e. The third-order valence-corrected chi connectivity index (χ3v) is 2.79. The van der Waals surface area contributed by atoms with Gasteiger partial charge in [0.05, 0.1) is 0 Å². The van der Waals surface area contributed by atoms with Gasteiger partial charge in [-0.3, -0.25) is 10.6 Å². The van der Waals surface area contributed by atoms with E-state index < -0.39 is 18.3 Å². The van der Waals surface area contributed by atoms with Crippen molar-refractivity contribution in [3.8, 4) is 0 Å². The lowest BCUT2D eigenvalue weighted by Gasteiger charge is -2.26. The average Bonchev–Trinajstić information content (AvgIpc) is 2.46. The van der Waals surface area contributed by atoms with Crippen LogP contribution in [0.1, 0.15) is 19.3 Å². The maximum atomic E-state index is 12.9. The van der Waals surface area contributed by atoms with Gasteiger partial charge in [-0.1, -0.05) is 0 Å². The summed E-state index contributed by atoms with van der Waals surface area (Å²) in [7, 11) is 0. The highest BCUT2D eigenvalue weighted by atomic mass is 19.1. The van der Waals surface area contributed by atoms with Crippen LogP contribution in [-0.4, -0.2) is 41.0 Å². The smallest absolute Gasteiger partial charge is 0.335 e. The molecule has 0 spiro atoms. The number of fused-ring (bicyclic) bond motifs is 1. The van der Waals surface area contributed by atoms with Crippen LogP contribution in [0.15, 0.2) is 0 Å². The van der Waals surface area contributed by atoms with Crippen LogP contribution in [0, 0.1) is 0 Å². The van der Waals surface area contributed by atoms with Crippen LogP contribution in [0.4, 0.5) is 4.39 Å². The normalized spacial score (nSPS) is 41.2. The number of alkyl halides is 1. The molecule has 1 saturated carbocycles. The van der Waals surface area contributed by atoms with Crippen LogP contribution in [0.3, 0.4) is 0 Å². The summed E-state index contributed by atoms with van der Waals surface area (Å²) in [5, 5.41) is 14.5. The maximum Gasteiger partial charge on any atom is 0.335 e. The molecule has 1 aliphatic heterocycles. The van der Waals surface area contributed by atoms with E-state index in [9.17, 15) is 9.18 Å². The Hall–Kier alpha value is -0.720. The van der Waals surface area contributed by atoms with E-state index in [1.165, 1.54) is 0 Å². The predicted octanol–water partition coefficient (Wildman–Crippen LogP) is -0.976. The Balaban J connectivity index is 0.000000980. The number of hydrogen-bond donors (Lipinski definition) is 3. The molecule has 0 radical (unpaired) electrons. The third kappa shape index (κ3) is 2.02. The topological polar surface area (TPSA) is 92.9 Å². The zero-order valence-corrected chi connectivity index (χ0v) is 7.66. The van der Waals surface area contributed by atoms with Crippen molar-refractivity contribution in [1.82, 2.24) is 10.6 Å². The molecular weight excluding hydrogens is 191 g/mol. The molecule has 2 rings (SSSR count). The number of carbonyl (C=O) groups is 1. The quantitative estimate of drug-likeness (QED) is 0.514. The van der Waals surface area contributed by atoms with E-state index in [2.05, 4.69) is 10.6 Å². The van der Waals surface area contributed by atoms with Crippen molar-refractivity contribution in [3.63, 3.8) is 0 Å². The van der Waals surface area contributed by atoms with E-state index in [4.69, 9.17) is 5.11 Å². The Labute approximate surface area is 81.0 Å². The monoisotopic (exact) mass is 206 g/mol. The Kier molecular flexibility index (Phi) is 3.41. The molecule has 82 valence electrons. The van der Waals surface area contributed by atoms with E-state index in [0.717, 1.165) is 6.42 Å². The fourth-order valence-electron chi connectivity index (χ4n) is 2.12. The molecule has 2 fully saturated rings. The van der Waals surface area contributed by atoms with Gasteiger partial charge in [-0.25, -0.2) is 9.18 Å². The van der Waals surface area contributed by atoms with E-state index in [-0.39, 0.29) is 17.6 Å². The lowest BCUT2D eigenvalue weighted by molar-refractivity contribution is -0.139. The summed E-state index contributed by atoms with van der Waals surface area (Å²) in [5.74, 6) is -0.912. The maximum absolute atomic E-state index is 12.9.